The standard InChI is InChI=1S/C23H33NO5S/c1-20(2)16-10-11-23(20,18(25)13-16)14-30(26,27)24-17-9-7-8-15(12-17)19-28-21(3,4)22(5,6)29-19/h7-9,12,16,19,24H,10-11,13-14H2,1-6H3. The summed E-state index contributed by atoms with van der Waals surface area (Å²) in [7, 11) is -3.70. The maximum absolute atomic E-state index is 13.1. The first-order chi connectivity index (χ1) is 13.7. The van der Waals surface area contributed by atoms with Gasteiger partial charge in [0.2, 0.25) is 10.0 Å². The van der Waals surface area contributed by atoms with E-state index >= 15 is 0 Å². The molecule has 0 amide bonds. The van der Waals surface area contributed by atoms with Crippen molar-refractivity contribution in [2.75, 3.05) is 10.5 Å². The van der Waals surface area contributed by atoms with Crippen LogP contribution in [-0.4, -0.2) is 31.2 Å². The summed E-state index contributed by atoms with van der Waals surface area (Å²) in [5.74, 6) is 0.218. The number of hydrogen-bond donors (Lipinski definition) is 1. The number of hydrogen-bond acceptors (Lipinski definition) is 5. The van der Waals surface area contributed by atoms with E-state index in [1.807, 2.05) is 47.6 Å². The highest BCUT2D eigenvalue weighted by Gasteiger charge is 2.65. The van der Waals surface area contributed by atoms with E-state index in [2.05, 4.69) is 4.72 Å². The van der Waals surface area contributed by atoms with Crippen molar-refractivity contribution in [1.82, 2.24) is 0 Å². The number of ketones is 1. The third-order valence-electron chi connectivity index (χ3n) is 8.26. The second-order valence-electron chi connectivity index (χ2n) is 10.7. The van der Waals surface area contributed by atoms with Crippen molar-refractivity contribution in [3.63, 3.8) is 0 Å². The van der Waals surface area contributed by atoms with E-state index in [0.717, 1.165) is 12.0 Å². The van der Waals surface area contributed by atoms with Gasteiger partial charge in [0, 0.05) is 17.7 Å². The normalized spacial score (nSPS) is 31.9. The Labute approximate surface area is 179 Å². The summed E-state index contributed by atoms with van der Waals surface area (Å²) >= 11 is 0. The Hall–Kier alpha value is -1.44. The lowest BCUT2D eigenvalue weighted by molar-refractivity contribution is -0.128. The minimum atomic E-state index is -3.70. The van der Waals surface area contributed by atoms with Crippen LogP contribution in [0.5, 0.6) is 0 Å². The van der Waals surface area contributed by atoms with Crippen molar-refractivity contribution >= 4 is 21.5 Å². The van der Waals surface area contributed by atoms with Gasteiger partial charge in [-0.05, 0) is 64.0 Å². The van der Waals surface area contributed by atoms with Gasteiger partial charge in [-0.25, -0.2) is 8.42 Å². The molecule has 4 rings (SSSR count). The van der Waals surface area contributed by atoms with Crippen LogP contribution in [0.1, 0.15) is 72.7 Å². The van der Waals surface area contributed by atoms with Gasteiger partial charge in [-0.2, -0.15) is 0 Å². The lowest BCUT2D eigenvalue weighted by atomic mass is 9.70. The largest absolute Gasteiger partial charge is 0.339 e. The van der Waals surface area contributed by atoms with E-state index in [9.17, 15) is 13.2 Å². The summed E-state index contributed by atoms with van der Waals surface area (Å²) in [6.45, 7) is 12.0. The van der Waals surface area contributed by atoms with Crippen LogP contribution in [-0.2, 0) is 24.3 Å². The molecule has 0 aromatic heterocycles. The van der Waals surface area contributed by atoms with Gasteiger partial charge < -0.3 is 9.47 Å². The van der Waals surface area contributed by atoms with Crippen LogP contribution in [0.3, 0.4) is 0 Å². The molecular weight excluding hydrogens is 402 g/mol. The smallest absolute Gasteiger partial charge is 0.233 e. The van der Waals surface area contributed by atoms with E-state index in [-0.39, 0.29) is 22.9 Å². The van der Waals surface area contributed by atoms with Gasteiger partial charge in [-0.15, -0.1) is 0 Å². The summed E-state index contributed by atoms with van der Waals surface area (Å²) in [4.78, 5) is 12.7. The van der Waals surface area contributed by atoms with Crippen LogP contribution in [0.4, 0.5) is 5.69 Å². The molecule has 2 atom stereocenters. The molecule has 3 aliphatic rings. The van der Waals surface area contributed by atoms with Gasteiger partial charge >= 0.3 is 0 Å². The Kier molecular flexibility index (Phi) is 4.74. The number of carbonyl (C=O) groups excluding carboxylic acids is 1. The fourth-order valence-corrected chi connectivity index (χ4v) is 7.26. The molecule has 2 bridgehead atoms. The number of ether oxygens (including phenoxy) is 2. The molecule has 2 saturated carbocycles. The molecular formula is C23H33NO5S. The summed E-state index contributed by atoms with van der Waals surface area (Å²) in [5.41, 5.74) is -0.808. The monoisotopic (exact) mass is 435 g/mol. The molecule has 1 aromatic rings. The van der Waals surface area contributed by atoms with Crippen LogP contribution in [0.25, 0.3) is 0 Å². The summed E-state index contributed by atoms with van der Waals surface area (Å²) < 4.78 is 41.0. The summed E-state index contributed by atoms with van der Waals surface area (Å²) in [5, 5.41) is 0. The first-order valence-corrected chi connectivity index (χ1v) is 12.3. The second-order valence-corrected chi connectivity index (χ2v) is 12.5. The Balaban J connectivity index is 1.54. The third-order valence-corrected chi connectivity index (χ3v) is 9.68. The summed E-state index contributed by atoms with van der Waals surface area (Å²) in [6.07, 6.45) is 1.51. The highest BCUT2D eigenvalue weighted by Crippen LogP contribution is 2.64. The van der Waals surface area contributed by atoms with Crippen molar-refractivity contribution in [2.45, 2.75) is 78.3 Å². The number of rotatable bonds is 5. The van der Waals surface area contributed by atoms with Crippen molar-refractivity contribution in [2.24, 2.45) is 16.7 Å². The van der Waals surface area contributed by atoms with Gasteiger partial charge in [0.15, 0.2) is 6.29 Å². The lowest BCUT2D eigenvalue weighted by Gasteiger charge is -2.36. The van der Waals surface area contributed by atoms with Gasteiger partial charge in [0.1, 0.15) is 5.78 Å². The molecule has 6 nitrogen and oxygen atoms in total. The molecule has 0 spiro atoms. The molecule has 166 valence electrons. The van der Waals surface area contributed by atoms with Crippen LogP contribution in [0, 0.1) is 16.7 Å². The van der Waals surface area contributed by atoms with Crippen LogP contribution in [0.2, 0.25) is 0 Å². The Morgan fingerprint density at radius 3 is 2.23 bits per heavy atom. The van der Waals surface area contributed by atoms with E-state index in [0.29, 0.717) is 18.5 Å². The van der Waals surface area contributed by atoms with E-state index in [1.165, 1.54) is 0 Å². The van der Waals surface area contributed by atoms with Gasteiger partial charge in [0.05, 0.1) is 22.4 Å². The SMILES string of the molecule is CC1(C)OC(c2cccc(NS(=O)(=O)CC34CCC(CC3=O)C4(C)C)c2)OC1(C)C. The van der Waals surface area contributed by atoms with Crippen LogP contribution in [0.15, 0.2) is 24.3 Å². The Morgan fingerprint density at radius 2 is 1.70 bits per heavy atom. The molecule has 2 unspecified atom stereocenters. The first-order valence-electron chi connectivity index (χ1n) is 10.7. The zero-order chi connectivity index (χ0) is 22.2. The average Bonchev–Trinajstić information content (AvgIpc) is 3.05. The van der Waals surface area contributed by atoms with Gasteiger partial charge in [-0.1, -0.05) is 26.0 Å². The highest BCUT2D eigenvalue weighted by molar-refractivity contribution is 7.92. The number of sulfonamides is 1. The average molecular weight is 436 g/mol. The van der Waals surface area contributed by atoms with Crippen LogP contribution >= 0.6 is 0 Å². The van der Waals surface area contributed by atoms with Gasteiger partial charge in [0.25, 0.3) is 0 Å². The molecule has 0 radical (unpaired) electrons. The fourth-order valence-electron chi connectivity index (χ4n) is 5.38. The highest BCUT2D eigenvalue weighted by atomic mass is 32.2. The van der Waals surface area contributed by atoms with E-state index in [4.69, 9.17) is 9.47 Å². The molecule has 1 saturated heterocycles. The fraction of sp³-hybridized carbons (Fsp3) is 0.696. The Morgan fingerprint density at radius 1 is 1.07 bits per heavy atom. The maximum Gasteiger partial charge on any atom is 0.233 e. The predicted molar refractivity (Wildman–Crippen MR) is 115 cm³/mol. The first kappa shape index (κ1) is 21.8. The predicted octanol–water partition coefficient (Wildman–Crippen LogP) is 4.43. The number of nitrogens with one attached hydrogen (secondary N) is 1. The maximum atomic E-state index is 13.1. The molecule has 3 fully saturated rings. The molecule has 1 N–H and O–H groups in total. The van der Waals surface area contributed by atoms with E-state index in [1.54, 1.807) is 18.2 Å². The van der Waals surface area contributed by atoms with Crippen molar-refractivity contribution in [1.29, 1.82) is 0 Å². The van der Waals surface area contributed by atoms with E-state index < -0.39 is 32.9 Å². The van der Waals surface area contributed by atoms with Crippen molar-refractivity contribution in [3.8, 4) is 0 Å². The zero-order valence-corrected chi connectivity index (χ0v) is 19.6. The topological polar surface area (TPSA) is 81.7 Å². The Bertz CT molecular complexity index is 965. The van der Waals surface area contributed by atoms with Crippen molar-refractivity contribution < 1.29 is 22.7 Å². The number of carbonyl (C=O) groups is 1. The lowest BCUT2D eigenvalue weighted by Crippen LogP contribution is -2.43. The number of Topliss-reactive ketones (excluding diaryl/α,β-unsaturated/α-hetero) is 1. The second kappa shape index (κ2) is 6.53. The molecule has 2 aliphatic carbocycles. The molecule has 1 aliphatic heterocycles. The minimum absolute atomic E-state index is 0.0973. The quantitative estimate of drug-likeness (QED) is 0.740. The van der Waals surface area contributed by atoms with Gasteiger partial charge in [-0.3, -0.25) is 9.52 Å². The van der Waals surface area contributed by atoms with Crippen molar-refractivity contribution in [3.05, 3.63) is 29.8 Å². The number of fused-ring (bicyclic) bond motifs is 2. The molecule has 1 aromatic carbocycles. The number of benzene rings is 1. The number of anilines is 1. The van der Waals surface area contributed by atoms with Crippen LogP contribution < -0.4 is 4.72 Å². The third kappa shape index (κ3) is 3.21. The summed E-state index contributed by atoms with van der Waals surface area (Å²) in [6, 6.07) is 7.11. The minimum Gasteiger partial charge on any atom is -0.339 e. The zero-order valence-electron chi connectivity index (χ0n) is 18.7. The molecule has 1 heterocycles. The molecule has 30 heavy (non-hydrogen) atoms. The molecule has 7 heteroatoms.